The number of carbonyl (C=O) groups excluding carboxylic acids is 1. The number of anilines is 1. The standard InChI is InChI=1S/C14H15N5O2S2/c1-7-4-10(9(3)19(7)12-5-8(2)21-18-12)11(20)6-22-14-17-16-13(15)23-14/h4-5H,6H2,1-3H3,(H2,15,16). The van der Waals surface area contributed by atoms with Gasteiger partial charge in [0, 0.05) is 23.0 Å². The van der Waals surface area contributed by atoms with Gasteiger partial charge in [0.2, 0.25) is 5.13 Å². The minimum Gasteiger partial charge on any atom is -0.374 e. The molecular formula is C14H15N5O2S2. The molecule has 0 atom stereocenters. The molecule has 0 bridgehead atoms. The average Bonchev–Trinajstić information content (AvgIpc) is 3.17. The molecule has 0 unspecified atom stereocenters. The van der Waals surface area contributed by atoms with Gasteiger partial charge in [-0.1, -0.05) is 28.3 Å². The van der Waals surface area contributed by atoms with Gasteiger partial charge in [-0.25, -0.2) is 0 Å². The summed E-state index contributed by atoms with van der Waals surface area (Å²) in [6, 6.07) is 3.71. The van der Waals surface area contributed by atoms with Crippen molar-refractivity contribution in [1.29, 1.82) is 0 Å². The molecule has 0 radical (unpaired) electrons. The van der Waals surface area contributed by atoms with E-state index in [2.05, 4.69) is 15.4 Å². The van der Waals surface area contributed by atoms with Crippen LogP contribution in [0.2, 0.25) is 0 Å². The highest BCUT2D eigenvalue weighted by molar-refractivity contribution is 8.01. The summed E-state index contributed by atoms with van der Waals surface area (Å²) < 4.78 is 7.73. The van der Waals surface area contributed by atoms with Crippen LogP contribution in [0.25, 0.3) is 5.82 Å². The Bertz CT molecular complexity index is 865. The van der Waals surface area contributed by atoms with Crippen LogP contribution in [0.3, 0.4) is 0 Å². The molecule has 3 heterocycles. The van der Waals surface area contributed by atoms with Gasteiger partial charge in [-0.2, -0.15) is 0 Å². The molecule has 9 heteroatoms. The van der Waals surface area contributed by atoms with E-state index in [0.29, 0.717) is 20.9 Å². The van der Waals surface area contributed by atoms with E-state index in [0.717, 1.165) is 17.1 Å². The second-order valence-electron chi connectivity index (χ2n) is 5.03. The zero-order chi connectivity index (χ0) is 16.6. The van der Waals surface area contributed by atoms with E-state index in [1.807, 2.05) is 37.5 Å². The lowest BCUT2D eigenvalue weighted by Gasteiger charge is -2.04. The summed E-state index contributed by atoms with van der Waals surface area (Å²) in [6.45, 7) is 5.67. The maximum atomic E-state index is 12.5. The van der Waals surface area contributed by atoms with Crippen molar-refractivity contribution in [1.82, 2.24) is 19.9 Å². The first-order valence-electron chi connectivity index (χ1n) is 6.83. The smallest absolute Gasteiger partial charge is 0.203 e. The molecule has 120 valence electrons. The quantitative estimate of drug-likeness (QED) is 0.558. The number of carbonyl (C=O) groups is 1. The Morgan fingerprint density at radius 2 is 2.13 bits per heavy atom. The Morgan fingerprint density at radius 1 is 1.35 bits per heavy atom. The molecule has 0 aliphatic carbocycles. The van der Waals surface area contributed by atoms with Crippen molar-refractivity contribution in [2.24, 2.45) is 0 Å². The number of rotatable bonds is 5. The van der Waals surface area contributed by atoms with E-state index >= 15 is 0 Å². The molecule has 3 rings (SSSR count). The lowest BCUT2D eigenvalue weighted by molar-refractivity contribution is 0.102. The van der Waals surface area contributed by atoms with Crippen LogP contribution in [-0.4, -0.2) is 31.5 Å². The molecule has 2 N–H and O–H groups in total. The average molecular weight is 349 g/mol. The zero-order valence-electron chi connectivity index (χ0n) is 12.9. The number of nitrogens with zero attached hydrogens (tertiary/aromatic N) is 4. The van der Waals surface area contributed by atoms with Crippen LogP contribution in [0.1, 0.15) is 27.5 Å². The zero-order valence-corrected chi connectivity index (χ0v) is 14.5. The number of aryl methyl sites for hydroxylation is 2. The van der Waals surface area contributed by atoms with Crippen molar-refractivity contribution in [3.05, 3.63) is 34.8 Å². The van der Waals surface area contributed by atoms with Gasteiger partial charge in [0.15, 0.2) is 15.9 Å². The number of thioether (sulfide) groups is 1. The molecule has 0 amide bonds. The van der Waals surface area contributed by atoms with E-state index in [4.69, 9.17) is 10.3 Å². The highest BCUT2D eigenvalue weighted by Crippen LogP contribution is 2.26. The summed E-state index contributed by atoms with van der Waals surface area (Å²) in [6.07, 6.45) is 0. The molecule has 0 saturated carbocycles. The highest BCUT2D eigenvalue weighted by atomic mass is 32.2. The third-order valence-corrected chi connectivity index (χ3v) is 5.21. The minimum atomic E-state index is 0.0309. The third kappa shape index (κ3) is 3.15. The first kappa shape index (κ1) is 15.8. The van der Waals surface area contributed by atoms with Crippen LogP contribution in [0.5, 0.6) is 0 Å². The molecule has 3 aromatic heterocycles. The number of ketones is 1. The van der Waals surface area contributed by atoms with Gasteiger partial charge in [-0.3, -0.25) is 9.36 Å². The molecule has 0 spiro atoms. The van der Waals surface area contributed by atoms with Crippen LogP contribution in [0.4, 0.5) is 5.13 Å². The number of Topliss-reactive ketones (excluding diaryl/α,β-unsaturated/α-hetero) is 1. The molecule has 0 saturated heterocycles. The summed E-state index contributed by atoms with van der Waals surface area (Å²) in [4.78, 5) is 12.5. The SMILES string of the molecule is Cc1cc(-n2c(C)cc(C(=O)CSc3nnc(N)s3)c2C)no1. The van der Waals surface area contributed by atoms with Crippen LogP contribution < -0.4 is 5.73 Å². The Labute approximate surface area is 140 Å². The van der Waals surface area contributed by atoms with E-state index in [1.165, 1.54) is 23.1 Å². The van der Waals surface area contributed by atoms with Crippen molar-refractivity contribution < 1.29 is 9.32 Å². The molecule has 0 aliphatic rings. The molecule has 3 aromatic rings. The molecule has 0 aromatic carbocycles. The normalized spacial score (nSPS) is 11.1. The number of nitrogens with two attached hydrogens (primary N) is 1. The highest BCUT2D eigenvalue weighted by Gasteiger charge is 2.19. The van der Waals surface area contributed by atoms with E-state index < -0.39 is 0 Å². The second-order valence-corrected chi connectivity index (χ2v) is 7.27. The second kappa shape index (κ2) is 6.17. The number of aromatic nitrogens is 4. The molecule has 0 aliphatic heterocycles. The van der Waals surface area contributed by atoms with E-state index in [1.54, 1.807) is 0 Å². The fraction of sp³-hybridized carbons (Fsp3) is 0.286. The van der Waals surface area contributed by atoms with Crippen LogP contribution in [0.15, 0.2) is 21.0 Å². The lowest BCUT2D eigenvalue weighted by Crippen LogP contribution is -2.05. The largest absolute Gasteiger partial charge is 0.374 e. The van der Waals surface area contributed by atoms with Gasteiger partial charge in [0.05, 0.1) is 5.75 Å². The van der Waals surface area contributed by atoms with E-state index in [9.17, 15) is 4.79 Å². The summed E-state index contributed by atoms with van der Waals surface area (Å²) in [7, 11) is 0. The summed E-state index contributed by atoms with van der Waals surface area (Å²) in [5.74, 6) is 1.73. The fourth-order valence-corrected chi connectivity index (χ4v) is 3.86. The van der Waals surface area contributed by atoms with Crippen molar-refractivity contribution in [3.63, 3.8) is 0 Å². The van der Waals surface area contributed by atoms with Gasteiger partial charge >= 0.3 is 0 Å². The Hall–Kier alpha value is -2.13. The molecule has 7 nitrogen and oxygen atoms in total. The molecular weight excluding hydrogens is 334 g/mol. The monoisotopic (exact) mass is 349 g/mol. The predicted molar refractivity (Wildman–Crippen MR) is 89.4 cm³/mol. The predicted octanol–water partition coefficient (Wildman–Crippen LogP) is 2.80. The topological polar surface area (TPSA) is 99.8 Å². The van der Waals surface area contributed by atoms with Gasteiger partial charge in [-0.05, 0) is 26.8 Å². The number of hydrogen-bond acceptors (Lipinski definition) is 8. The Kier molecular flexibility index (Phi) is 4.22. The van der Waals surface area contributed by atoms with Crippen molar-refractivity contribution >= 4 is 34.0 Å². The summed E-state index contributed by atoms with van der Waals surface area (Å²) >= 11 is 2.62. The maximum Gasteiger partial charge on any atom is 0.203 e. The fourth-order valence-electron chi connectivity index (χ4n) is 2.34. The van der Waals surface area contributed by atoms with Crippen molar-refractivity contribution in [3.8, 4) is 5.82 Å². The first-order valence-corrected chi connectivity index (χ1v) is 8.63. The van der Waals surface area contributed by atoms with Crippen LogP contribution in [-0.2, 0) is 0 Å². The Morgan fingerprint density at radius 3 is 2.74 bits per heavy atom. The van der Waals surface area contributed by atoms with Gasteiger partial charge in [0.1, 0.15) is 5.76 Å². The first-order chi connectivity index (χ1) is 11.0. The molecule has 23 heavy (non-hydrogen) atoms. The third-order valence-electron chi connectivity index (χ3n) is 3.32. The van der Waals surface area contributed by atoms with E-state index in [-0.39, 0.29) is 11.5 Å². The van der Waals surface area contributed by atoms with Gasteiger partial charge in [-0.15, -0.1) is 10.2 Å². The van der Waals surface area contributed by atoms with Gasteiger partial charge in [0.25, 0.3) is 0 Å². The van der Waals surface area contributed by atoms with Crippen LogP contribution in [0, 0.1) is 20.8 Å². The summed E-state index contributed by atoms with van der Waals surface area (Å²) in [5, 5.41) is 12.1. The Balaban J connectivity index is 1.81. The van der Waals surface area contributed by atoms with Crippen molar-refractivity contribution in [2.45, 2.75) is 25.1 Å². The minimum absolute atomic E-state index is 0.0309. The molecule has 0 fully saturated rings. The van der Waals surface area contributed by atoms with Gasteiger partial charge < -0.3 is 10.3 Å². The van der Waals surface area contributed by atoms with Crippen molar-refractivity contribution in [2.75, 3.05) is 11.5 Å². The number of nitrogen functional groups attached to an aromatic ring is 1. The number of hydrogen-bond donors (Lipinski definition) is 1. The lowest BCUT2D eigenvalue weighted by atomic mass is 10.2. The maximum absolute atomic E-state index is 12.5. The van der Waals surface area contributed by atoms with Crippen LogP contribution >= 0.6 is 23.1 Å². The summed E-state index contributed by atoms with van der Waals surface area (Å²) in [5.41, 5.74) is 7.99.